The first-order valence-corrected chi connectivity index (χ1v) is 8.92. The normalized spacial score (nSPS) is 12.6. The van der Waals surface area contributed by atoms with E-state index in [1.165, 1.54) is 9.75 Å². The summed E-state index contributed by atoms with van der Waals surface area (Å²) in [6, 6.07) is 9.13. The molecule has 3 rings (SSSR count). The van der Waals surface area contributed by atoms with Crippen LogP contribution in [0.4, 0.5) is 0 Å². The molecule has 0 spiro atoms. The molecule has 3 heterocycles. The fourth-order valence-electron chi connectivity index (χ4n) is 2.35. The van der Waals surface area contributed by atoms with Crippen molar-refractivity contribution in [2.45, 2.75) is 25.4 Å². The van der Waals surface area contributed by atoms with Crippen LogP contribution in [0, 0.1) is 0 Å². The maximum atomic E-state index is 4.07. The van der Waals surface area contributed by atoms with Crippen molar-refractivity contribution in [3.8, 4) is 0 Å². The van der Waals surface area contributed by atoms with Gasteiger partial charge >= 0.3 is 0 Å². The number of imidazole rings is 1. The Balaban J connectivity index is 1.52. The van der Waals surface area contributed by atoms with E-state index in [0.717, 1.165) is 25.9 Å². The van der Waals surface area contributed by atoms with Crippen LogP contribution in [0.3, 0.4) is 0 Å². The molecule has 21 heavy (non-hydrogen) atoms. The highest BCUT2D eigenvalue weighted by Crippen LogP contribution is 2.24. The lowest BCUT2D eigenvalue weighted by molar-refractivity contribution is 0.506. The Labute approximate surface area is 133 Å². The van der Waals surface area contributed by atoms with Crippen LogP contribution in [-0.4, -0.2) is 16.1 Å². The molecule has 0 aliphatic carbocycles. The number of aromatic nitrogens is 2. The minimum atomic E-state index is 0.423. The van der Waals surface area contributed by atoms with Crippen LogP contribution in [0.1, 0.15) is 22.2 Å². The molecule has 0 bridgehead atoms. The van der Waals surface area contributed by atoms with E-state index in [0.29, 0.717) is 6.04 Å². The fraction of sp³-hybridized carbons (Fsp3) is 0.312. The molecule has 0 fully saturated rings. The number of nitrogens with zero attached hydrogens (tertiary/aromatic N) is 2. The minimum absolute atomic E-state index is 0.423. The zero-order valence-electron chi connectivity index (χ0n) is 11.8. The summed E-state index contributed by atoms with van der Waals surface area (Å²) in [5.74, 6) is 0. The van der Waals surface area contributed by atoms with Gasteiger partial charge in [-0.05, 0) is 35.9 Å². The summed E-state index contributed by atoms with van der Waals surface area (Å²) in [5.41, 5.74) is 0. The van der Waals surface area contributed by atoms with Gasteiger partial charge in [-0.3, -0.25) is 0 Å². The summed E-state index contributed by atoms with van der Waals surface area (Å²) < 4.78 is 2.13. The van der Waals surface area contributed by atoms with Gasteiger partial charge in [0.15, 0.2) is 0 Å². The first-order chi connectivity index (χ1) is 10.4. The molecular weight excluding hydrogens is 298 g/mol. The van der Waals surface area contributed by atoms with E-state index >= 15 is 0 Å². The van der Waals surface area contributed by atoms with E-state index in [9.17, 15) is 0 Å². The Bertz CT molecular complexity index is 600. The molecule has 0 aliphatic heterocycles. The number of hydrogen-bond donors (Lipinski definition) is 1. The topological polar surface area (TPSA) is 29.9 Å². The molecule has 0 radical (unpaired) electrons. The molecule has 0 aromatic carbocycles. The summed E-state index contributed by atoms with van der Waals surface area (Å²) in [6.45, 7) is 2.04. The third-order valence-electron chi connectivity index (χ3n) is 3.42. The van der Waals surface area contributed by atoms with E-state index in [-0.39, 0.29) is 0 Å². The molecule has 3 aromatic rings. The number of rotatable bonds is 8. The third-order valence-corrected chi connectivity index (χ3v) is 5.30. The average molecular weight is 317 g/mol. The van der Waals surface area contributed by atoms with Crippen LogP contribution in [0.2, 0.25) is 0 Å². The summed E-state index contributed by atoms with van der Waals surface area (Å²) in [5, 5.41) is 8.02. The van der Waals surface area contributed by atoms with Crippen molar-refractivity contribution in [2.75, 3.05) is 6.54 Å². The van der Waals surface area contributed by atoms with Gasteiger partial charge in [-0.15, -0.1) is 22.7 Å². The van der Waals surface area contributed by atoms with Gasteiger partial charge in [-0.2, -0.15) is 0 Å². The molecule has 0 saturated heterocycles. The van der Waals surface area contributed by atoms with Gasteiger partial charge in [0.1, 0.15) is 0 Å². The lowest BCUT2D eigenvalue weighted by Gasteiger charge is -2.17. The van der Waals surface area contributed by atoms with Crippen molar-refractivity contribution >= 4 is 22.7 Å². The zero-order chi connectivity index (χ0) is 14.3. The van der Waals surface area contributed by atoms with Crippen molar-refractivity contribution in [2.24, 2.45) is 0 Å². The number of hydrogen-bond acceptors (Lipinski definition) is 4. The predicted molar refractivity (Wildman–Crippen MR) is 89.9 cm³/mol. The Hall–Kier alpha value is -1.43. The van der Waals surface area contributed by atoms with Gasteiger partial charge in [0.2, 0.25) is 0 Å². The van der Waals surface area contributed by atoms with Crippen molar-refractivity contribution < 1.29 is 0 Å². The maximum absolute atomic E-state index is 4.07. The zero-order valence-corrected chi connectivity index (χ0v) is 13.4. The fourth-order valence-corrected chi connectivity index (χ4v) is 3.90. The summed E-state index contributed by atoms with van der Waals surface area (Å²) in [6.07, 6.45) is 7.91. The molecule has 110 valence electrons. The maximum Gasteiger partial charge on any atom is 0.0945 e. The van der Waals surface area contributed by atoms with E-state index in [4.69, 9.17) is 0 Å². The molecule has 0 aliphatic rings. The van der Waals surface area contributed by atoms with Gasteiger partial charge in [-0.1, -0.05) is 12.1 Å². The Kier molecular flexibility index (Phi) is 5.21. The van der Waals surface area contributed by atoms with Crippen LogP contribution in [0.5, 0.6) is 0 Å². The number of thiophene rings is 2. The monoisotopic (exact) mass is 317 g/mol. The quantitative estimate of drug-likeness (QED) is 0.637. The molecular formula is C16H19N3S2. The highest BCUT2D eigenvalue weighted by molar-refractivity contribution is 7.10. The van der Waals surface area contributed by atoms with Crippen molar-refractivity contribution in [1.29, 1.82) is 0 Å². The molecule has 1 unspecified atom stereocenters. The van der Waals surface area contributed by atoms with Crippen LogP contribution in [0.25, 0.3) is 0 Å². The molecule has 0 saturated carbocycles. The van der Waals surface area contributed by atoms with E-state index in [1.807, 2.05) is 41.4 Å². The Morgan fingerprint density at radius 1 is 1.19 bits per heavy atom. The van der Waals surface area contributed by atoms with E-state index < -0.39 is 0 Å². The largest absolute Gasteiger partial charge is 0.337 e. The lowest BCUT2D eigenvalue weighted by Crippen LogP contribution is -2.24. The summed E-state index contributed by atoms with van der Waals surface area (Å²) in [4.78, 5) is 6.93. The lowest BCUT2D eigenvalue weighted by atomic mass is 10.1. The SMILES string of the molecule is c1csc(CC(NCCCn2ccnc2)c2cccs2)c1. The van der Waals surface area contributed by atoms with Crippen molar-refractivity contribution in [3.05, 3.63) is 63.5 Å². The molecule has 5 heteroatoms. The minimum Gasteiger partial charge on any atom is -0.337 e. The van der Waals surface area contributed by atoms with Gasteiger partial charge in [0, 0.05) is 41.2 Å². The summed E-state index contributed by atoms with van der Waals surface area (Å²) >= 11 is 3.67. The smallest absolute Gasteiger partial charge is 0.0945 e. The number of aryl methyl sites for hydroxylation is 1. The van der Waals surface area contributed by atoms with Gasteiger partial charge in [0.05, 0.1) is 6.33 Å². The first kappa shape index (κ1) is 14.5. The second-order valence-corrected chi connectivity index (χ2v) is 6.97. The summed E-state index contributed by atoms with van der Waals surface area (Å²) in [7, 11) is 0. The Morgan fingerprint density at radius 2 is 2.10 bits per heavy atom. The van der Waals surface area contributed by atoms with E-state index in [2.05, 4.69) is 49.9 Å². The van der Waals surface area contributed by atoms with Gasteiger partial charge < -0.3 is 9.88 Å². The van der Waals surface area contributed by atoms with Crippen molar-refractivity contribution in [3.63, 3.8) is 0 Å². The van der Waals surface area contributed by atoms with Gasteiger partial charge in [-0.25, -0.2) is 4.98 Å². The third kappa shape index (κ3) is 4.27. The first-order valence-electron chi connectivity index (χ1n) is 7.17. The number of nitrogens with one attached hydrogen (secondary N) is 1. The van der Waals surface area contributed by atoms with Crippen LogP contribution in [-0.2, 0) is 13.0 Å². The predicted octanol–water partition coefficient (Wildman–Crippen LogP) is 3.97. The van der Waals surface area contributed by atoms with E-state index in [1.54, 1.807) is 0 Å². The molecule has 3 nitrogen and oxygen atoms in total. The van der Waals surface area contributed by atoms with Crippen LogP contribution < -0.4 is 5.32 Å². The van der Waals surface area contributed by atoms with Crippen LogP contribution >= 0.6 is 22.7 Å². The second kappa shape index (κ2) is 7.54. The molecule has 0 amide bonds. The molecule has 3 aromatic heterocycles. The molecule has 1 N–H and O–H groups in total. The average Bonchev–Trinajstić information content (AvgIpc) is 3.25. The van der Waals surface area contributed by atoms with Crippen molar-refractivity contribution in [1.82, 2.24) is 14.9 Å². The standard InChI is InChI=1S/C16H19N3S2/c1-4-14(20-10-1)12-15(16-5-2-11-21-16)18-6-3-8-19-9-7-17-13-19/h1-2,4-5,7,9-11,13,15,18H,3,6,8,12H2. The second-order valence-electron chi connectivity index (χ2n) is 4.96. The van der Waals surface area contributed by atoms with Gasteiger partial charge in [0.25, 0.3) is 0 Å². The highest BCUT2D eigenvalue weighted by Gasteiger charge is 2.13. The highest BCUT2D eigenvalue weighted by atomic mass is 32.1. The van der Waals surface area contributed by atoms with Crippen LogP contribution in [0.15, 0.2) is 53.7 Å². The Morgan fingerprint density at radius 3 is 2.81 bits per heavy atom. The molecule has 1 atom stereocenters.